The molecule has 0 aromatic heterocycles. The number of para-hydroxylation sites is 1. The zero-order chi connectivity index (χ0) is 22.3. The minimum Gasteiger partial charge on any atom is -0.486 e. The highest BCUT2D eigenvalue weighted by Gasteiger charge is 2.10. The van der Waals surface area contributed by atoms with Crippen molar-refractivity contribution in [3.8, 4) is 17.2 Å². The molecule has 0 unspecified atom stereocenters. The fraction of sp³-hybridized carbons (Fsp3) is 0.0769. The maximum absolute atomic E-state index is 13.0. The van der Waals surface area contributed by atoms with E-state index in [1.165, 1.54) is 12.1 Å². The topological polar surface area (TPSA) is 30.5 Å². The summed E-state index contributed by atoms with van der Waals surface area (Å²) in [5.74, 6) is 1.67. The smallest absolute Gasteiger partial charge is 0.156 e. The van der Waals surface area contributed by atoms with E-state index < -0.39 is 0 Å². The SMILES string of the molecule is Fc1ccc(COc2c(Cl)cc(CNc3ccc(Oc4ccccc4)cc3)cc2Cl)cc1. The van der Waals surface area contributed by atoms with E-state index in [4.69, 9.17) is 32.7 Å². The largest absolute Gasteiger partial charge is 0.486 e. The number of anilines is 1. The van der Waals surface area contributed by atoms with Crippen molar-refractivity contribution in [3.63, 3.8) is 0 Å². The summed E-state index contributed by atoms with van der Waals surface area (Å²) in [4.78, 5) is 0. The number of nitrogens with one attached hydrogen (secondary N) is 1. The standard InChI is InChI=1S/C26H20Cl2FNO2/c27-24-14-19(15-25(28)26(24)31-17-18-6-8-20(29)9-7-18)16-30-21-10-12-23(13-11-21)32-22-4-2-1-3-5-22/h1-15,30H,16-17H2. The summed E-state index contributed by atoms with van der Waals surface area (Å²) in [6.07, 6.45) is 0. The van der Waals surface area contributed by atoms with Gasteiger partial charge < -0.3 is 14.8 Å². The molecule has 0 aliphatic heterocycles. The maximum atomic E-state index is 13.0. The van der Waals surface area contributed by atoms with Crippen LogP contribution in [0.5, 0.6) is 17.2 Å². The summed E-state index contributed by atoms with van der Waals surface area (Å²) >= 11 is 12.8. The van der Waals surface area contributed by atoms with E-state index in [0.29, 0.717) is 22.3 Å². The van der Waals surface area contributed by atoms with Gasteiger partial charge in [0.1, 0.15) is 23.9 Å². The molecule has 0 aliphatic rings. The van der Waals surface area contributed by atoms with Crippen LogP contribution >= 0.6 is 23.2 Å². The quantitative estimate of drug-likeness (QED) is 0.283. The maximum Gasteiger partial charge on any atom is 0.156 e. The molecule has 0 spiro atoms. The fourth-order valence-electron chi connectivity index (χ4n) is 3.06. The lowest BCUT2D eigenvalue weighted by Crippen LogP contribution is -2.01. The van der Waals surface area contributed by atoms with Crippen molar-refractivity contribution in [3.05, 3.63) is 118 Å². The van der Waals surface area contributed by atoms with E-state index in [1.807, 2.05) is 66.7 Å². The Morgan fingerprint density at radius 2 is 1.34 bits per heavy atom. The van der Waals surface area contributed by atoms with Crippen LogP contribution in [-0.2, 0) is 13.2 Å². The molecule has 0 saturated carbocycles. The highest BCUT2D eigenvalue weighted by molar-refractivity contribution is 6.37. The van der Waals surface area contributed by atoms with Gasteiger partial charge in [-0.3, -0.25) is 0 Å². The molecule has 0 bridgehead atoms. The molecule has 0 aliphatic carbocycles. The van der Waals surface area contributed by atoms with Crippen LogP contribution in [0.15, 0.2) is 91.0 Å². The third-order valence-corrected chi connectivity index (χ3v) is 5.25. The van der Waals surface area contributed by atoms with Crippen molar-refractivity contribution in [2.75, 3.05) is 5.32 Å². The first-order valence-electron chi connectivity index (χ1n) is 9.99. The summed E-state index contributed by atoms with van der Waals surface area (Å²) in [6.45, 7) is 0.783. The second kappa shape index (κ2) is 10.4. The van der Waals surface area contributed by atoms with Crippen molar-refractivity contribution in [2.24, 2.45) is 0 Å². The van der Waals surface area contributed by atoms with Gasteiger partial charge in [0.05, 0.1) is 10.0 Å². The number of halogens is 3. The molecule has 1 N–H and O–H groups in total. The van der Waals surface area contributed by atoms with Crippen LogP contribution in [0.25, 0.3) is 0 Å². The average Bonchev–Trinajstić information content (AvgIpc) is 2.80. The Kier molecular flexibility index (Phi) is 7.15. The molecule has 0 amide bonds. The van der Waals surface area contributed by atoms with E-state index in [0.717, 1.165) is 28.3 Å². The minimum absolute atomic E-state index is 0.245. The zero-order valence-corrected chi connectivity index (χ0v) is 18.5. The third-order valence-electron chi connectivity index (χ3n) is 4.68. The summed E-state index contributed by atoms with van der Waals surface area (Å²) < 4.78 is 24.6. The molecule has 4 aromatic rings. The average molecular weight is 468 g/mol. The summed E-state index contributed by atoms with van der Waals surface area (Å²) in [6, 6.07) is 27.0. The third kappa shape index (κ3) is 5.94. The molecule has 0 radical (unpaired) electrons. The van der Waals surface area contributed by atoms with Crippen molar-refractivity contribution in [1.29, 1.82) is 0 Å². The van der Waals surface area contributed by atoms with E-state index in [-0.39, 0.29) is 12.4 Å². The van der Waals surface area contributed by atoms with Crippen LogP contribution in [0, 0.1) is 5.82 Å². The van der Waals surface area contributed by atoms with Gasteiger partial charge in [-0.05, 0) is 71.8 Å². The predicted molar refractivity (Wildman–Crippen MR) is 127 cm³/mol. The summed E-state index contributed by atoms with van der Waals surface area (Å²) in [5, 5.41) is 4.18. The summed E-state index contributed by atoms with van der Waals surface area (Å²) in [5.41, 5.74) is 2.68. The molecule has 32 heavy (non-hydrogen) atoms. The minimum atomic E-state index is -0.292. The van der Waals surface area contributed by atoms with E-state index in [2.05, 4.69) is 5.32 Å². The van der Waals surface area contributed by atoms with Gasteiger partial charge in [0.15, 0.2) is 5.75 Å². The molecule has 0 atom stereocenters. The zero-order valence-electron chi connectivity index (χ0n) is 17.0. The normalized spacial score (nSPS) is 10.6. The van der Waals surface area contributed by atoms with Crippen LogP contribution in [0.1, 0.15) is 11.1 Å². The molecule has 0 heterocycles. The van der Waals surface area contributed by atoms with Gasteiger partial charge in [-0.2, -0.15) is 0 Å². The molecule has 0 saturated heterocycles. The number of rotatable bonds is 8. The molecule has 6 heteroatoms. The predicted octanol–water partition coefficient (Wildman–Crippen LogP) is 8.12. The van der Waals surface area contributed by atoms with Crippen molar-refractivity contribution in [2.45, 2.75) is 13.2 Å². The molecule has 3 nitrogen and oxygen atoms in total. The monoisotopic (exact) mass is 467 g/mol. The van der Waals surface area contributed by atoms with Gasteiger partial charge in [0.25, 0.3) is 0 Å². The summed E-state index contributed by atoms with van der Waals surface area (Å²) in [7, 11) is 0. The van der Waals surface area contributed by atoms with Gasteiger partial charge in [0.2, 0.25) is 0 Å². The molecule has 162 valence electrons. The van der Waals surface area contributed by atoms with E-state index in [9.17, 15) is 4.39 Å². The molecule has 4 rings (SSSR count). The lowest BCUT2D eigenvalue weighted by molar-refractivity contribution is 0.306. The second-order valence-electron chi connectivity index (χ2n) is 7.10. The first-order chi connectivity index (χ1) is 15.6. The van der Waals surface area contributed by atoms with Gasteiger partial charge in [-0.1, -0.05) is 53.5 Å². The number of ether oxygens (including phenoxy) is 2. The van der Waals surface area contributed by atoms with Crippen LogP contribution < -0.4 is 14.8 Å². The molecule has 4 aromatic carbocycles. The lowest BCUT2D eigenvalue weighted by atomic mass is 10.2. The van der Waals surface area contributed by atoms with Gasteiger partial charge >= 0.3 is 0 Å². The van der Waals surface area contributed by atoms with Crippen LogP contribution in [0.2, 0.25) is 10.0 Å². The van der Waals surface area contributed by atoms with Crippen LogP contribution in [0.4, 0.5) is 10.1 Å². The Labute approximate surface area is 196 Å². The Morgan fingerprint density at radius 1 is 0.719 bits per heavy atom. The van der Waals surface area contributed by atoms with Crippen LogP contribution in [0.3, 0.4) is 0 Å². The number of benzene rings is 4. The first kappa shape index (κ1) is 22.0. The molecular formula is C26H20Cl2FNO2. The van der Waals surface area contributed by atoms with E-state index in [1.54, 1.807) is 12.1 Å². The van der Waals surface area contributed by atoms with E-state index >= 15 is 0 Å². The molecule has 0 fully saturated rings. The highest BCUT2D eigenvalue weighted by atomic mass is 35.5. The van der Waals surface area contributed by atoms with Gasteiger partial charge in [-0.15, -0.1) is 0 Å². The van der Waals surface area contributed by atoms with Crippen molar-refractivity contribution >= 4 is 28.9 Å². The Bertz CT molecular complexity index is 1140. The van der Waals surface area contributed by atoms with Crippen molar-refractivity contribution in [1.82, 2.24) is 0 Å². The lowest BCUT2D eigenvalue weighted by Gasteiger charge is -2.13. The fourth-order valence-corrected chi connectivity index (χ4v) is 3.70. The first-order valence-corrected chi connectivity index (χ1v) is 10.7. The number of hydrogen-bond donors (Lipinski definition) is 1. The van der Waals surface area contributed by atoms with Gasteiger partial charge in [0, 0.05) is 12.2 Å². The second-order valence-corrected chi connectivity index (χ2v) is 7.91. The Morgan fingerprint density at radius 3 is 2.00 bits per heavy atom. The van der Waals surface area contributed by atoms with Gasteiger partial charge in [-0.25, -0.2) is 4.39 Å². The number of hydrogen-bond acceptors (Lipinski definition) is 3. The van der Waals surface area contributed by atoms with Crippen molar-refractivity contribution < 1.29 is 13.9 Å². The Balaban J connectivity index is 1.34. The highest BCUT2D eigenvalue weighted by Crippen LogP contribution is 2.35. The van der Waals surface area contributed by atoms with Crippen LogP contribution in [-0.4, -0.2) is 0 Å². The molecular weight excluding hydrogens is 448 g/mol. The Hall–Kier alpha value is -3.21.